The van der Waals surface area contributed by atoms with Gasteiger partial charge in [0.15, 0.2) is 5.92 Å². The fourth-order valence-corrected chi connectivity index (χ4v) is 1.58. The molecule has 0 fully saturated rings. The average Bonchev–Trinajstić information content (AvgIpc) is 2.29. The summed E-state index contributed by atoms with van der Waals surface area (Å²) in [6.07, 6.45) is 4.78. The first-order valence-corrected chi connectivity index (χ1v) is 5.56. The molecule has 1 N–H and O–H groups in total. The summed E-state index contributed by atoms with van der Waals surface area (Å²) in [5, 5.41) is 17.8. The van der Waals surface area contributed by atoms with Gasteiger partial charge in [0.1, 0.15) is 5.04 Å². The fourth-order valence-electron chi connectivity index (χ4n) is 0.991. The van der Waals surface area contributed by atoms with Crippen LogP contribution in [-0.2, 0) is 4.79 Å². The molecule has 0 saturated carbocycles. The number of aliphatic carboxylic acids is 1. The van der Waals surface area contributed by atoms with Crippen molar-refractivity contribution in [2.45, 2.75) is 0 Å². The van der Waals surface area contributed by atoms with Crippen molar-refractivity contribution in [2.24, 2.45) is 10.9 Å². The second-order valence-electron chi connectivity index (χ2n) is 2.77. The summed E-state index contributed by atoms with van der Waals surface area (Å²) in [6.45, 7) is 0. The zero-order chi connectivity index (χ0) is 12.0. The molecule has 82 valence electrons. The molecule has 1 aromatic heterocycles. The Balaban J connectivity index is 3.03. The number of carboxylic acid groups (broad SMARTS) is 1. The SMILES string of the molecule is CSC(=Nc1cccnc1)C(C#N)C(=O)O. The summed E-state index contributed by atoms with van der Waals surface area (Å²) in [7, 11) is 0. The predicted octanol–water partition coefficient (Wildman–Crippen LogP) is 1.70. The molecule has 6 heteroatoms. The number of pyridine rings is 1. The molecule has 0 saturated heterocycles. The second kappa shape index (κ2) is 5.88. The van der Waals surface area contributed by atoms with E-state index in [4.69, 9.17) is 10.4 Å². The number of nitriles is 1. The van der Waals surface area contributed by atoms with Gasteiger partial charge in [-0.05, 0) is 18.4 Å². The zero-order valence-electron chi connectivity index (χ0n) is 8.49. The largest absolute Gasteiger partial charge is 0.480 e. The maximum absolute atomic E-state index is 10.8. The Labute approximate surface area is 96.8 Å². The fraction of sp³-hybridized carbons (Fsp3) is 0.200. The Hall–Kier alpha value is -1.87. The van der Waals surface area contributed by atoms with Crippen LogP contribution in [0.4, 0.5) is 5.69 Å². The summed E-state index contributed by atoms with van der Waals surface area (Å²) in [5.74, 6) is -2.42. The Morgan fingerprint density at radius 3 is 2.94 bits per heavy atom. The molecule has 0 aromatic carbocycles. The molecule has 0 amide bonds. The van der Waals surface area contributed by atoms with Gasteiger partial charge in [0.2, 0.25) is 0 Å². The topological polar surface area (TPSA) is 86.3 Å². The Morgan fingerprint density at radius 2 is 2.50 bits per heavy atom. The van der Waals surface area contributed by atoms with Gasteiger partial charge in [0.25, 0.3) is 0 Å². The molecule has 0 aliphatic carbocycles. The number of carbonyl (C=O) groups is 1. The Kier molecular flexibility index (Phi) is 4.48. The number of carboxylic acids is 1. The molecule has 0 radical (unpaired) electrons. The summed E-state index contributed by atoms with van der Waals surface area (Å²) < 4.78 is 0. The summed E-state index contributed by atoms with van der Waals surface area (Å²) in [6, 6.07) is 5.09. The van der Waals surface area contributed by atoms with Crippen LogP contribution in [-0.4, -0.2) is 27.4 Å². The van der Waals surface area contributed by atoms with Gasteiger partial charge in [0, 0.05) is 6.20 Å². The molecule has 1 atom stereocenters. The highest BCUT2D eigenvalue weighted by Crippen LogP contribution is 2.17. The van der Waals surface area contributed by atoms with E-state index in [1.54, 1.807) is 30.7 Å². The molecule has 1 heterocycles. The average molecular weight is 235 g/mol. The minimum atomic E-state index is -1.23. The van der Waals surface area contributed by atoms with Gasteiger partial charge in [-0.25, -0.2) is 4.99 Å². The molecule has 1 rings (SSSR count). The maximum Gasteiger partial charge on any atom is 0.327 e. The van der Waals surface area contributed by atoms with Gasteiger partial charge in [-0.2, -0.15) is 5.26 Å². The van der Waals surface area contributed by atoms with Crippen molar-refractivity contribution >= 4 is 28.5 Å². The molecular weight excluding hydrogens is 226 g/mol. The van der Waals surface area contributed by atoms with Crippen LogP contribution >= 0.6 is 11.8 Å². The van der Waals surface area contributed by atoms with Crippen LogP contribution in [0.15, 0.2) is 29.5 Å². The first kappa shape index (κ1) is 12.2. The number of hydrogen-bond acceptors (Lipinski definition) is 5. The van der Waals surface area contributed by atoms with Crippen molar-refractivity contribution in [1.29, 1.82) is 5.26 Å². The number of aliphatic imine (C=N–C) groups is 1. The zero-order valence-corrected chi connectivity index (χ0v) is 9.31. The van der Waals surface area contributed by atoms with E-state index >= 15 is 0 Å². The molecule has 1 unspecified atom stereocenters. The van der Waals surface area contributed by atoms with Crippen molar-refractivity contribution in [3.8, 4) is 6.07 Å². The maximum atomic E-state index is 10.8. The number of thioether (sulfide) groups is 1. The van der Waals surface area contributed by atoms with Crippen molar-refractivity contribution in [1.82, 2.24) is 4.98 Å². The van der Waals surface area contributed by atoms with Crippen molar-refractivity contribution in [2.75, 3.05) is 6.26 Å². The molecular formula is C10H9N3O2S. The third-order valence-corrected chi connectivity index (χ3v) is 2.46. The number of nitrogens with zero attached hydrogens (tertiary/aromatic N) is 3. The number of hydrogen-bond donors (Lipinski definition) is 1. The molecule has 0 bridgehead atoms. The van der Waals surface area contributed by atoms with Crippen LogP contribution in [0.2, 0.25) is 0 Å². The molecule has 0 aliphatic rings. The second-order valence-corrected chi connectivity index (χ2v) is 3.59. The van der Waals surface area contributed by atoms with Gasteiger partial charge >= 0.3 is 5.97 Å². The van der Waals surface area contributed by atoms with Gasteiger partial charge in [0.05, 0.1) is 18.0 Å². The van der Waals surface area contributed by atoms with Crippen LogP contribution in [0.1, 0.15) is 0 Å². The van der Waals surface area contributed by atoms with E-state index in [1.807, 2.05) is 0 Å². The monoisotopic (exact) mass is 235 g/mol. The standard InChI is InChI=1S/C10H9N3O2S/c1-16-9(8(5-11)10(14)15)13-7-3-2-4-12-6-7/h2-4,6,8H,1H3,(H,14,15). The minimum Gasteiger partial charge on any atom is -0.480 e. The van der Waals surface area contributed by atoms with E-state index in [9.17, 15) is 4.79 Å². The van der Waals surface area contributed by atoms with E-state index in [2.05, 4.69) is 9.98 Å². The van der Waals surface area contributed by atoms with Crippen molar-refractivity contribution in [3.63, 3.8) is 0 Å². The molecule has 0 aliphatic heterocycles. The summed E-state index contributed by atoms with van der Waals surface area (Å²) in [5.41, 5.74) is 0.536. The minimum absolute atomic E-state index is 0.253. The smallest absolute Gasteiger partial charge is 0.327 e. The molecule has 0 spiro atoms. The van der Waals surface area contributed by atoms with Crippen LogP contribution < -0.4 is 0 Å². The van der Waals surface area contributed by atoms with E-state index in [-0.39, 0.29) is 5.04 Å². The first-order valence-electron chi connectivity index (χ1n) is 4.34. The lowest BCUT2D eigenvalue weighted by molar-refractivity contribution is -0.137. The van der Waals surface area contributed by atoms with Crippen molar-refractivity contribution in [3.05, 3.63) is 24.5 Å². The lowest BCUT2D eigenvalue weighted by atomic mass is 10.2. The third-order valence-electron chi connectivity index (χ3n) is 1.72. The number of aromatic nitrogens is 1. The van der Waals surface area contributed by atoms with Gasteiger partial charge in [-0.3, -0.25) is 9.78 Å². The van der Waals surface area contributed by atoms with Crippen molar-refractivity contribution < 1.29 is 9.90 Å². The predicted molar refractivity (Wildman–Crippen MR) is 61.6 cm³/mol. The normalized spacial score (nSPS) is 12.9. The Morgan fingerprint density at radius 1 is 1.75 bits per heavy atom. The van der Waals surface area contributed by atoms with E-state index in [0.717, 1.165) is 11.8 Å². The number of rotatable bonds is 3. The van der Waals surface area contributed by atoms with Crippen LogP contribution in [0.3, 0.4) is 0 Å². The van der Waals surface area contributed by atoms with Crippen LogP contribution in [0, 0.1) is 17.2 Å². The highest BCUT2D eigenvalue weighted by molar-refractivity contribution is 8.13. The van der Waals surface area contributed by atoms with E-state index in [0.29, 0.717) is 5.69 Å². The third kappa shape index (κ3) is 3.07. The molecule has 16 heavy (non-hydrogen) atoms. The highest BCUT2D eigenvalue weighted by Gasteiger charge is 2.22. The molecule has 1 aromatic rings. The highest BCUT2D eigenvalue weighted by atomic mass is 32.2. The van der Waals surface area contributed by atoms with Crippen LogP contribution in [0.5, 0.6) is 0 Å². The van der Waals surface area contributed by atoms with Gasteiger partial charge in [-0.1, -0.05) is 0 Å². The Bertz CT molecular complexity index is 439. The molecule has 5 nitrogen and oxygen atoms in total. The lowest BCUT2D eigenvalue weighted by Gasteiger charge is -2.05. The van der Waals surface area contributed by atoms with Gasteiger partial charge in [-0.15, -0.1) is 11.8 Å². The van der Waals surface area contributed by atoms with Crippen LogP contribution in [0.25, 0.3) is 0 Å². The quantitative estimate of drug-likeness (QED) is 0.636. The van der Waals surface area contributed by atoms with E-state index < -0.39 is 11.9 Å². The summed E-state index contributed by atoms with van der Waals surface area (Å²) >= 11 is 1.14. The van der Waals surface area contributed by atoms with E-state index in [1.165, 1.54) is 6.20 Å². The summed E-state index contributed by atoms with van der Waals surface area (Å²) in [4.78, 5) is 18.7. The van der Waals surface area contributed by atoms with Gasteiger partial charge < -0.3 is 5.11 Å². The lowest BCUT2D eigenvalue weighted by Crippen LogP contribution is -2.19. The first-order chi connectivity index (χ1) is 7.69.